The number of ether oxygens (including phenoxy) is 3. The Hall–Kier alpha value is -2.55. The van der Waals surface area contributed by atoms with Gasteiger partial charge in [-0.3, -0.25) is 9.69 Å². The molecule has 0 aliphatic heterocycles. The molecule has 2 aromatic carbocycles. The maximum Gasteiger partial charge on any atom is 0.260 e. The third-order valence-corrected chi connectivity index (χ3v) is 6.25. The number of anilines is 1. The number of nitrogens with zero attached hydrogens (tertiary/aromatic N) is 3. The van der Waals surface area contributed by atoms with Crippen molar-refractivity contribution in [1.29, 1.82) is 0 Å². The minimum Gasteiger partial charge on any atom is -0.497 e. The van der Waals surface area contributed by atoms with Crippen LogP contribution in [0.3, 0.4) is 0 Å². The molecular formula is C23H30ClN3O4S. The molecule has 0 aliphatic carbocycles. The van der Waals surface area contributed by atoms with Gasteiger partial charge in [0.1, 0.15) is 17.2 Å². The van der Waals surface area contributed by atoms with Crippen LogP contribution in [-0.4, -0.2) is 63.3 Å². The molecule has 0 aliphatic rings. The van der Waals surface area contributed by atoms with Gasteiger partial charge in [0, 0.05) is 30.8 Å². The molecule has 7 nitrogen and oxygen atoms in total. The summed E-state index contributed by atoms with van der Waals surface area (Å²) in [7, 11) is 4.77. The van der Waals surface area contributed by atoms with Crippen LogP contribution in [0.2, 0.25) is 0 Å². The van der Waals surface area contributed by atoms with Crippen LogP contribution in [0.25, 0.3) is 10.2 Å². The molecule has 9 heteroatoms. The molecule has 0 atom stereocenters. The van der Waals surface area contributed by atoms with E-state index >= 15 is 0 Å². The van der Waals surface area contributed by atoms with Crippen LogP contribution >= 0.6 is 23.7 Å². The molecule has 0 radical (unpaired) electrons. The zero-order chi connectivity index (χ0) is 22.4. The van der Waals surface area contributed by atoms with Gasteiger partial charge >= 0.3 is 0 Å². The number of hydrogen-bond acceptors (Lipinski definition) is 7. The van der Waals surface area contributed by atoms with Crippen molar-refractivity contribution in [2.24, 2.45) is 0 Å². The van der Waals surface area contributed by atoms with Gasteiger partial charge in [-0.25, -0.2) is 4.98 Å². The monoisotopic (exact) mass is 479 g/mol. The van der Waals surface area contributed by atoms with Gasteiger partial charge in [0.05, 0.1) is 31.5 Å². The average Bonchev–Trinajstić information content (AvgIpc) is 3.23. The number of halogens is 1. The highest BCUT2D eigenvalue weighted by Gasteiger charge is 2.23. The van der Waals surface area contributed by atoms with E-state index in [4.69, 9.17) is 19.2 Å². The third kappa shape index (κ3) is 5.82. The number of rotatable bonds is 10. The normalized spacial score (nSPS) is 10.7. The highest BCUT2D eigenvalue weighted by molar-refractivity contribution is 7.22. The zero-order valence-corrected chi connectivity index (χ0v) is 20.7. The van der Waals surface area contributed by atoms with E-state index in [0.717, 1.165) is 35.6 Å². The first-order chi connectivity index (χ1) is 15.0. The van der Waals surface area contributed by atoms with Gasteiger partial charge in [-0.2, -0.15) is 0 Å². The van der Waals surface area contributed by atoms with Gasteiger partial charge in [0.2, 0.25) is 0 Å². The number of carbonyl (C=O) groups is 1. The molecule has 0 bridgehead atoms. The Labute approximate surface area is 199 Å². The maximum absolute atomic E-state index is 13.6. The van der Waals surface area contributed by atoms with E-state index in [1.165, 1.54) is 11.3 Å². The second kappa shape index (κ2) is 11.9. The summed E-state index contributed by atoms with van der Waals surface area (Å²) in [5.41, 5.74) is 1.30. The molecule has 0 fully saturated rings. The van der Waals surface area contributed by atoms with Crippen LogP contribution in [0, 0.1) is 0 Å². The molecule has 0 N–H and O–H groups in total. The van der Waals surface area contributed by atoms with E-state index in [-0.39, 0.29) is 18.3 Å². The lowest BCUT2D eigenvalue weighted by Crippen LogP contribution is -2.38. The molecule has 1 aromatic heterocycles. The largest absolute Gasteiger partial charge is 0.497 e. The van der Waals surface area contributed by atoms with Gasteiger partial charge < -0.3 is 19.1 Å². The first-order valence-electron chi connectivity index (χ1n) is 10.2. The summed E-state index contributed by atoms with van der Waals surface area (Å²) >= 11 is 1.49. The number of benzene rings is 2. The van der Waals surface area contributed by atoms with E-state index in [0.29, 0.717) is 28.7 Å². The van der Waals surface area contributed by atoms with E-state index in [9.17, 15) is 4.79 Å². The fourth-order valence-corrected chi connectivity index (χ4v) is 4.26. The number of amides is 1. The standard InChI is InChI=1S/C23H29N3O4S.ClH/c1-6-25(7-2)10-11-26(22(27)16-12-18(29-4)14-19(13-16)30-5)23-24-20-15-17(28-3)8-9-21(20)31-23;/h8-9,12-15H,6-7,10-11H2,1-5H3;1H. The number of likely N-dealkylation sites (N-methyl/N-ethyl adjacent to an activating group) is 1. The van der Waals surface area contributed by atoms with Gasteiger partial charge in [-0.15, -0.1) is 12.4 Å². The van der Waals surface area contributed by atoms with Crippen molar-refractivity contribution in [2.75, 3.05) is 52.4 Å². The molecule has 32 heavy (non-hydrogen) atoms. The number of carbonyl (C=O) groups excluding carboxylic acids is 1. The summed E-state index contributed by atoms with van der Waals surface area (Å²) in [6.07, 6.45) is 0. The van der Waals surface area contributed by atoms with E-state index in [1.54, 1.807) is 44.4 Å². The number of fused-ring (bicyclic) bond motifs is 1. The summed E-state index contributed by atoms with van der Waals surface area (Å²) in [4.78, 5) is 22.4. The van der Waals surface area contributed by atoms with Crippen molar-refractivity contribution in [2.45, 2.75) is 13.8 Å². The number of thiazole rings is 1. The fourth-order valence-electron chi connectivity index (χ4n) is 3.29. The van der Waals surface area contributed by atoms with Crippen LogP contribution < -0.4 is 19.1 Å². The minimum atomic E-state index is -0.143. The van der Waals surface area contributed by atoms with Gasteiger partial charge in [0.15, 0.2) is 5.13 Å². The van der Waals surface area contributed by atoms with Crippen LogP contribution in [0.5, 0.6) is 17.2 Å². The molecule has 1 amide bonds. The summed E-state index contributed by atoms with van der Waals surface area (Å²) in [6, 6.07) is 11.0. The Morgan fingerprint density at radius 3 is 2.09 bits per heavy atom. The first-order valence-corrected chi connectivity index (χ1v) is 11.1. The van der Waals surface area contributed by atoms with Crippen LogP contribution in [0.1, 0.15) is 24.2 Å². The zero-order valence-electron chi connectivity index (χ0n) is 19.1. The van der Waals surface area contributed by atoms with E-state index < -0.39 is 0 Å². The SMILES string of the molecule is CCN(CC)CCN(C(=O)c1cc(OC)cc(OC)c1)c1nc2cc(OC)ccc2s1.Cl. The van der Waals surface area contributed by atoms with Gasteiger partial charge in [0.25, 0.3) is 5.91 Å². The quantitative estimate of drug-likeness (QED) is 0.418. The average molecular weight is 480 g/mol. The number of aromatic nitrogens is 1. The molecule has 0 saturated carbocycles. The van der Waals surface area contributed by atoms with Crippen molar-refractivity contribution in [1.82, 2.24) is 9.88 Å². The molecule has 174 valence electrons. The van der Waals surface area contributed by atoms with Crippen molar-refractivity contribution >= 4 is 45.0 Å². The van der Waals surface area contributed by atoms with Gasteiger partial charge in [-0.1, -0.05) is 25.2 Å². The Kier molecular flexibility index (Phi) is 9.56. The Morgan fingerprint density at radius 2 is 1.53 bits per heavy atom. The fraction of sp³-hybridized carbons (Fsp3) is 0.391. The molecule has 0 spiro atoms. The van der Waals surface area contributed by atoms with Crippen molar-refractivity contribution < 1.29 is 19.0 Å². The molecular weight excluding hydrogens is 450 g/mol. The van der Waals surface area contributed by atoms with E-state index in [1.807, 2.05) is 18.2 Å². The van der Waals surface area contributed by atoms with E-state index in [2.05, 4.69) is 18.7 Å². The Morgan fingerprint density at radius 1 is 0.906 bits per heavy atom. The second-order valence-electron chi connectivity index (χ2n) is 6.92. The molecule has 3 rings (SSSR count). The maximum atomic E-state index is 13.6. The lowest BCUT2D eigenvalue weighted by molar-refractivity contribution is 0.0983. The van der Waals surface area contributed by atoms with Crippen molar-refractivity contribution in [3.63, 3.8) is 0 Å². The smallest absolute Gasteiger partial charge is 0.260 e. The van der Waals surface area contributed by atoms with Crippen LogP contribution in [0.15, 0.2) is 36.4 Å². The molecule has 0 saturated heterocycles. The van der Waals surface area contributed by atoms with Crippen LogP contribution in [0.4, 0.5) is 5.13 Å². The number of methoxy groups -OCH3 is 3. The summed E-state index contributed by atoms with van der Waals surface area (Å²) in [5.74, 6) is 1.74. The second-order valence-corrected chi connectivity index (χ2v) is 7.92. The highest BCUT2D eigenvalue weighted by Crippen LogP contribution is 2.33. The summed E-state index contributed by atoms with van der Waals surface area (Å²) in [6.45, 7) is 7.35. The minimum absolute atomic E-state index is 0. The lowest BCUT2D eigenvalue weighted by Gasteiger charge is -2.25. The number of hydrogen-bond donors (Lipinski definition) is 0. The van der Waals surface area contributed by atoms with Crippen LogP contribution in [-0.2, 0) is 0 Å². The van der Waals surface area contributed by atoms with Crippen molar-refractivity contribution in [3.8, 4) is 17.2 Å². The summed E-state index contributed by atoms with van der Waals surface area (Å²) in [5, 5.41) is 0.655. The van der Waals surface area contributed by atoms with Gasteiger partial charge in [-0.05, 0) is 37.4 Å². The molecule has 0 unspecified atom stereocenters. The first kappa shape index (κ1) is 25.7. The molecule has 3 aromatic rings. The Bertz CT molecular complexity index is 1020. The summed E-state index contributed by atoms with van der Waals surface area (Å²) < 4.78 is 17.0. The van der Waals surface area contributed by atoms with Crippen molar-refractivity contribution in [3.05, 3.63) is 42.0 Å². The topological polar surface area (TPSA) is 64.1 Å². The highest BCUT2D eigenvalue weighted by atomic mass is 35.5. The Balaban J connectivity index is 0.00000363. The third-order valence-electron chi connectivity index (χ3n) is 5.19. The predicted molar refractivity (Wildman–Crippen MR) is 132 cm³/mol. The molecule has 1 heterocycles. The lowest BCUT2D eigenvalue weighted by atomic mass is 10.1. The predicted octanol–water partition coefficient (Wildman–Crippen LogP) is 4.73.